The highest BCUT2D eigenvalue weighted by Gasteiger charge is 2.01. The molecule has 0 saturated carbocycles. The monoisotopic (exact) mass is 183 g/mol. The zero-order valence-corrected chi connectivity index (χ0v) is 9.06. The average molecular weight is 183 g/mol. The van der Waals surface area contributed by atoms with Crippen molar-refractivity contribution in [2.24, 2.45) is 0 Å². The molecule has 12 heavy (non-hydrogen) atoms. The number of nitrogens with zero attached hydrogens (tertiary/aromatic N) is 1. The Hall–Kier alpha value is -0.500. The number of rotatable bonds is 2. The van der Waals surface area contributed by atoms with Crippen molar-refractivity contribution in [2.75, 3.05) is 6.26 Å². The van der Waals surface area contributed by atoms with E-state index in [9.17, 15) is 0 Å². The summed E-state index contributed by atoms with van der Waals surface area (Å²) in [5.41, 5.74) is 1.16. The summed E-state index contributed by atoms with van der Waals surface area (Å²) in [5.74, 6) is 0. The molecular formula is C10H17NS. The zero-order valence-electron chi connectivity index (χ0n) is 8.24. The summed E-state index contributed by atoms with van der Waals surface area (Å²) in [6.45, 7) is 6.16. The first-order valence-corrected chi connectivity index (χ1v) is 5.57. The summed E-state index contributed by atoms with van der Waals surface area (Å²) in [6, 6.07) is 6.02. The van der Waals surface area contributed by atoms with Gasteiger partial charge in [-0.25, -0.2) is 0 Å². The van der Waals surface area contributed by atoms with Crippen LogP contribution in [0.15, 0.2) is 24.4 Å². The number of pyridine rings is 1. The fraction of sp³-hybridized carbons (Fsp3) is 0.500. The highest BCUT2D eigenvalue weighted by atomic mass is 32.2. The van der Waals surface area contributed by atoms with E-state index in [4.69, 9.17) is 0 Å². The minimum atomic E-state index is 0.515. The highest BCUT2D eigenvalue weighted by Crippen LogP contribution is 2.22. The Morgan fingerprint density at radius 1 is 1.33 bits per heavy atom. The van der Waals surface area contributed by atoms with Crippen LogP contribution in [0, 0.1) is 0 Å². The van der Waals surface area contributed by atoms with E-state index in [0.29, 0.717) is 5.25 Å². The summed E-state index contributed by atoms with van der Waals surface area (Å²) in [6.07, 6.45) is 3.93. The second kappa shape index (κ2) is 7.17. The van der Waals surface area contributed by atoms with E-state index >= 15 is 0 Å². The van der Waals surface area contributed by atoms with Gasteiger partial charge in [-0.3, -0.25) is 4.98 Å². The average Bonchev–Trinajstić information content (AvgIpc) is 2.21. The summed E-state index contributed by atoms with van der Waals surface area (Å²) >= 11 is 1.82. The predicted octanol–water partition coefficient (Wildman–Crippen LogP) is 3.53. The first kappa shape index (κ1) is 11.5. The maximum Gasteiger partial charge on any atom is 0.0530 e. The van der Waals surface area contributed by atoms with Crippen LogP contribution < -0.4 is 0 Å². The smallest absolute Gasteiger partial charge is 0.0530 e. The van der Waals surface area contributed by atoms with Gasteiger partial charge in [-0.2, -0.15) is 11.8 Å². The molecule has 1 atom stereocenters. The van der Waals surface area contributed by atoms with Gasteiger partial charge in [0.05, 0.1) is 5.69 Å². The fourth-order valence-electron chi connectivity index (χ4n) is 0.737. The van der Waals surface area contributed by atoms with Gasteiger partial charge in [-0.05, 0) is 25.3 Å². The van der Waals surface area contributed by atoms with Crippen LogP contribution in [0.5, 0.6) is 0 Å². The summed E-state index contributed by atoms with van der Waals surface area (Å²) in [5, 5.41) is 0.515. The van der Waals surface area contributed by atoms with E-state index < -0.39 is 0 Å². The van der Waals surface area contributed by atoms with Crippen molar-refractivity contribution < 1.29 is 0 Å². The lowest BCUT2D eigenvalue weighted by molar-refractivity contribution is 1.01. The van der Waals surface area contributed by atoms with Gasteiger partial charge in [0.25, 0.3) is 0 Å². The lowest BCUT2D eigenvalue weighted by Crippen LogP contribution is -1.89. The molecule has 2 heteroatoms. The topological polar surface area (TPSA) is 12.9 Å². The molecule has 1 aromatic rings. The van der Waals surface area contributed by atoms with E-state index in [1.54, 1.807) is 0 Å². The van der Waals surface area contributed by atoms with Crippen molar-refractivity contribution in [1.29, 1.82) is 0 Å². The maximum absolute atomic E-state index is 4.23. The first-order chi connectivity index (χ1) is 5.84. The lowest BCUT2D eigenvalue weighted by atomic mass is 10.3. The third-order valence-corrected chi connectivity index (χ3v) is 2.41. The van der Waals surface area contributed by atoms with Crippen LogP contribution in [0.1, 0.15) is 31.7 Å². The molecule has 0 amide bonds. The molecule has 0 aliphatic rings. The van der Waals surface area contributed by atoms with Crippen LogP contribution >= 0.6 is 11.8 Å². The summed E-state index contributed by atoms with van der Waals surface area (Å²) < 4.78 is 0. The standard InChI is InChI=1S/C8H11NS.C2H6/c1-7(10-2)8-5-3-4-6-9-8;1-2/h3-7H,1-2H3;1-2H3. The fourth-order valence-corrected chi connectivity index (χ4v) is 1.12. The number of aromatic nitrogens is 1. The van der Waals surface area contributed by atoms with E-state index in [-0.39, 0.29) is 0 Å². The maximum atomic E-state index is 4.23. The van der Waals surface area contributed by atoms with Gasteiger partial charge >= 0.3 is 0 Å². The first-order valence-electron chi connectivity index (χ1n) is 4.28. The molecule has 0 fully saturated rings. The second-order valence-corrected chi connectivity index (χ2v) is 3.31. The molecule has 1 heterocycles. The summed E-state index contributed by atoms with van der Waals surface area (Å²) in [4.78, 5) is 4.23. The van der Waals surface area contributed by atoms with Crippen LogP contribution in [0.25, 0.3) is 0 Å². The molecular weight excluding hydrogens is 166 g/mol. The SMILES string of the molecule is CC.CSC(C)c1ccccn1. The van der Waals surface area contributed by atoms with Crippen LogP contribution in [0.2, 0.25) is 0 Å². The Labute approximate surface area is 79.6 Å². The third kappa shape index (κ3) is 3.77. The van der Waals surface area contributed by atoms with Crippen molar-refractivity contribution >= 4 is 11.8 Å². The zero-order chi connectivity index (χ0) is 9.40. The second-order valence-electron chi connectivity index (χ2n) is 2.13. The van der Waals surface area contributed by atoms with Crippen molar-refractivity contribution in [1.82, 2.24) is 4.98 Å². The molecule has 1 aromatic heterocycles. The van der Waals surface area contributed by atoms with Crippen molar-refractivity contribution in [3.8, 4) is 0 Å². The van der Waals surface area contributed by atoms with Gasteiger partial charge in [-0.1, -0.05) is 19.9 Å². The molecule has 0 saturated heterocycles. The Kier molecular flexibility index (Phi) is 6.87. The van der Waals surface area contributed by atoms with Gasteiger partial charge in [0, 0.05) is 11.4 Å². The molecule has 0 N–H and O–H groups in total. The van der Waals surface area contributed by atoms with Gasteiger partial charge in [0.15, 0.2) is 0 Å². The predicted molar refractivity (Wildman–Crippen MR) is 57.5 cm³/mol. The Balaban J connectivity index is 0.000000561. The van der Waals surface area contributed by atoms with E-state index in [0.717, 1.165) is 5.69 Å². The lowest BCUT2D eigenvalue weighted by Gasteiger charge is -2.04. The normalized spacial score (nSPS) is 11.3. The Morgan fingerprint density at radius 2 is 2.00 bits per heavy atom. The van der Waals surface area contributed by atoms with Crippen LogP contribution in [-0.4, -0.2) is 11.2 Å². The van der Waals surface area contributed by atoms with E-state index in [1.807, 2.05) is 43.9 Å². The van der Waals surface area contributed by atoms with Crippen molar-refractivity contribution in [2.45, 2.75) is 26.0 Å². The summed E-state index contributed by atoms with van der Waals surface area (Å²) in [7, 11) is 0. The van der Waals surface area contributed by atoms with Gasteiger partial charge in [0.2, 0.25) is 0 Å². The van der Waals surface area contributed by atoms with Gasteiger partial charge in [-0.15, -0.1) is 0 Å². The molecule has 0 aliphatic heterocycles. The molecule has 0 bridgehead atoms. The Morgan fingerprint density at radius 3 is 2.42 bits per heavy atom. The van der Waals surface area contributed by atoms with Crippen molar-refractivity contribution in [3.05, 3.63) is 30.1 Å². The minimum Gasteiger partial charge on any atom is -0.260 e. The molecule has 0 aliphatic carbocycles. The molecule has 0 spiro atoms. The largest absolute Gasteiger partial charge is 0.260 e. The van der Waals surface area contributed by atoms with Crippen LogP contribution in [0.3, 0.4) is 0 Å². The highest BCUT2D eigenvalue weighted by molar-refractivity contribution is 7.98. The molecule has 0 radical (unpaired) electrons. The van der Waals surface area contributed by atoms with E-state index in [2.05, 4.69) is 24.2 Å². The number of hydrogen-bond donors (Lipinski definition) is 0. The molecule has 1 unspecified atom stereocenters. The third-order valence-electron chi connectivity index (χ3n) is 1.46. The van der Waals surface area contributed by atoms with Gasteiger partial charge in [0.1, 0.15) is 0 Å². The minimum absolute atomic E-state index is 0.515. The van der Waals surface area contributed by atoms with Crippen LogP contribution in [0.4, 0.5) is 0 Å². The quantitative estimate of drug-likeness (QED) is 0.695. The number of thioether (sulfide) groups is 1. The molecule has 68 valence electrons. The van der Waals surface area contributed by atoms with Crippen LogP contribution in [-0.2, 0) is 0 Å². The van der Waals surface area contributed by atoms with Gasteiger partial charge < -0.3 is 0 Å². The van der Waals surface area contributed by atoms with Crippen molar-refractivity contribution in [3.63, 3.8) is 0 Å². The molecule has 0 aromatic carbocycles. The Bertz CT molecular complexity index is 186. The molecule has 1 nitrogen and oxygen atoms in total. The van der Waals surface area contributed by atoms with E-state index in [1.165, 1.54) is 0 Å². The number of hydrogen-bond acceptors (Lipinski definition) is 2. The molecule has 1 rings (SSSR count).